The largest absolute Gasteiger partial charge is 0.291 e. The van der Waals surface area contributed by atoms with Crippen molar-refractivity contribution in [3.63, 3.8) is 0 Å². The van der Waals surface area contributed by atoms with E-state index in [0.29, 0.717) is 0 Å². The zero-order chi connectivity index (χ0) is 10.4. The molecule has 0 radical (unpaired) electrons. The van der Waals surface area contributed by atoms with Crippen LogP contribution in [-0.4, -0.2) is 17.4 Å². The van der Waals surface area contributed by atoms with E-state index < -0.39 is 0 Å². The summed E-state index contributed by atoms with van der Waals surface area (Å²) in [5.74, 6) is -0.542. The molecular weight excluding hydrogens is 200 g/mol. The maximum absolute atomic E-state index is 11.3. The molecule has 0 aliphatic rings. The summed E-state index contributed by atoms with van der Waals surface area (Å²) in [6.45, 7) is 0. The number of carbonyl (C=O) groups is 2. The number of carbonyl (C=O) groups excluding carboxylic acids is 2. The summed E-state index contributed by atoms with van der Waals surface area (Å²) in [6.07, 6.45) is 0.309. The minimum Gasteiger partial charge on any atom is -0.291 e. The van der Waals surface area contributed by atoms with Gasteiger partial charge >= 0.3 is 0 Å². The van der Waals surface area contributed by atoms with Crippen molar-refractivity contribution < 1.29 is 9.59 Å². The summed E-state index contributed by atoms with van der Waals surface area (Å²) >= 11 is 5.37. The molecule has 0 aliphatic heterocycles. The van der Waals surface area contributed by atoms with E-state index in [0.717, 1.165) is 5.56 Å². The van der Waals surface area contributed by atoms with E-state index in [9.17, 15) is 9.59 Å². The molecule has 0 unspecified atom stereocenters. The average Bonchev–Trinajstić information content (AvgIpc) is 2.19. The highest BCUT2D eigenvalue weighted by Gasteiger charge is 2.12. The monoisotopic (exact) mass is 210 g/mol. The molecule has 0 spiro atoms. The van der Waals surface area contributed by atoms with Gasteiger partial charge in [-0.2, -0.15) is 0 Å². The van der Waals surface area contributed by atoms with Gasteiger partial charge in [0.2, 0.25) is 5.78 Å². The maximum atomic E-state index is 11.3. The zero-order valence-corrected chi connectivity index (χ0v) is 8.46. The molecule has 1 aromatic rings. The predicted octanol–water partition coefficient (Wildman–Crippen LogP) is 2.00. The van der Waals surface area contributed by atoms with Gasteiger partial charge in [-0.3, -0.25) is 9.59 Å². The Kier molecular flexibility index (Phi) is 4.33. The van der Waals surface area contributed by atoms with Crippen LogP contribution in [0.5, 0.6) is 0 Å². The van der Waals surface area contributed by atoms with E-state index >= 15 is 0 Å². The molecule has 0 amide bonds. The molecule has 0 heterocycles. The summed E-state index contributed by atoms with van der Waals surface area (Å²) in [4.78, 5) is 22.4. The summed E-state index contributed by atoms with van der Waals surface area (Å²) < 4.78 is 0. The average molecular weight is 211 g/mol. The van der Waals surface area contributed by atoms with Gasteiger partial charge in [0, 0.05) is 18.7 Å². The van der Waals surface area contributed by atoms with Crippen LogP contribution in [-0.2, 0) is 16.0 Å². The second-order valence-electron chi connectivity index (χ2n) is 2.95. The molecule has 0 atom stereocenters. The van der Waals surface area contributed by atoms with E-state index in [1.54, 1.807) is 0 Å². The zero-order valence-electron chi connectivity index (χ0n) is 7.70. The van der Waals surface area contributed by atoms with Crippen LogP contribution in [0, 0.1) is 0 Å². The SMILES string of the molecule is O=C(CCCl)C(=O)Cc1ccccc1. The Bertz CT molecular complexity index is 319. The van der Waals surface area contributed by atoms with Crippen molar-refractivity contribution >= 4 is 23.2 Å². The molecule has 74 valence electrons. The molecule has 0 saturated carbocycles. The maximum Gasteiger partial charge on any atom is 0.202 e. The van der Waals surface area contributed by atoms with Gasteiger partial charge < -0.3 is 0 Å². The van der Waals surface area contributed by atoms with Crippen molar-refractivity contribution in [1.82, 2.24) is 0 Å². The van der Waals surface area contributed by atoms with Crippen LogP contribution in [0.25, 0.3) is 0 Å². The van der Waals surface area contributed by atoms with Crippen molar-refractivity contribution in [3.8, 4) is 0 Å². The Morgan fingerprint density at radius 1 is 1.07 bits per heavy atom. The van der Waals surface area contributed by atoms with Crippen LogP contribution in [0.15, 0.2) is 30.3 Å². The van der Waals surface area contributed by atoms with Gasteiger partial charge in [0.15, 0.2) is 5.78 Å². The first-order valence-corrected chi connectivity index (χ1v) is 4.93. The molecule has 3 heteroatoms. The third kappa shape index (κ3) is 3.30. The third-order valence-electron chi connectivity index (χ3n) is 1.84. The number of halogens is 1. The molecule has 2 nitrogen and oxygen atoms in total. The summed E-state index contributed by atoms with van der Waals surface area (Å²) in [7, 11) is 0. The van der Waals surface area contributed by atoms with Crippen molar-refractivity contribution in [2.24, 2.45) is 0 Å². The molecular formula is C11H11ClO2. The summed E-state index contributed by atoms with van der Waals surface area (Å²) in [5, 5.41) is 0. The number of rotatable bonds is 5. The quantitative estimate of drug-likeness (QED) is 0.550. The van der Waals surface area contributed by atoms with Gasteiger partial charge in [-0.05, 0) is 5.56 Å². The fourth-order valence-electron chi connectivity index (χ4n) is 1.11. The second-order valence-corrected chi connectivity index (χ2v) is 3.33. The number of ketones is 2. The standard InChI is InChI=1S/C11H11ClO2/c12-7-6-10(13)11(14)8-9-4-2-1-3-5-9/h1-5H,6-8H2. The first-order valence-electron chi connectivity index (χ1n) is 4.40. The van der Waals surface area contributed by atoms with Crippen LogP contribution in [0.3, 0.4) is 0 Å². The molecule has 0 bridgehead atoms. The summed E-state index contributed by atoms with van der Waals surface area (Å²) in [6, 6.07) is 9.20. The number of hydrogen-bond acceptors (Lipinski definition) is 2. The van der Waals surface area contributed by atoms with Gasteiger partial charge in [-0.25, -0.2) is 0 Å². The molecule has 1 aromatic carbocycles. The molecule has 0 aliphatic carbocycles. The number of hydrogen-bond donors (Lipinski definition) is 0. The lowest BCUT2D eigenvalue weighted by Gasteiger charge is -1.98. The Morgan fingerprint density at radius 2 is 1.71 bits per heavy atom. The normalized spacial score (nSPS) is 9.79. The highest BCUT2D eigenvalue weighted by Crippen LogP contribution is 2.01. The summed E-state index contributed by atoms with van der Waals surface area (Å²) in [5.41, 5.74) is 0.862. The van der Waals surface area contributed by atoms with E-state index in [-0.39, 0.29) is 30.3 Å². The molecule has 0 saturated heterocycles. The predicted molar refractivity (Wildman–Crippen MR) is 55.5 cm³/mol. The fourth-order valence-corrected chi connectivity index (χ4v) is 1.28. The molecule has 1 rings (SSSR count). The van der Waals surface area contributed by atoms with Crippen LogP contribution in [0.2, 0.25) is 0 Å². The highest BCUT2D eigenvalue weighted by atomic mass is 35.5. The van der Waals surface area contributed by atoms with Crippen molar-refractivity contribution in [2.45, 2.75) is 12.8 Å². The molecule has 14 heavy (non-hydrogen) atoms. The van der Waals surface area contributed by atoms with E-state index in [1.807, 2.05) is 30.3 Å². The third-order valence-corrected chi connectivity index (χ3v) is 2.03. The Hall–Kier alpha value is -1.15. The smallest absolute Gasteiger partial charge is 0.202 e. The van der Waals surface area contributed by atoms with Gasteiger partial charge in [0.1, 0.15) is 0 Å². The van der Waals surface area contributed by atoms with Crippen LogP contribution >= 0.6 is 11.6 Å². The van der Waals surface area contributed by atoms with Gasteiger partial charge in [0.25, 0.3) is 0 Å². The lowest BCUT2D eigenvalue weighted by molar-refractivity contribution is -0.135. The van der Waals surface area contributed by atoms with Crippen molar-refractivity contribution in [2.75, 3.05) is 5.88 Å². The van der Waals surface area contributed by atoms with Gasteiger partial charge in [-0.1, -0.05) is 30.3 Å². The minimum absolute atomic E-state index is 0.132. The lowest BCUT2D eigenvalue weighted by atomic mass is 10.1. The van der Waals surface area contributed by atoms with Gasteiger partial charge in [-0.15, -0.1) is 11.6 Å². The highest BCUT2D eigenvalue weighted by molar-refractivity contribution is 6.38. The second kappa shape index (κ2) is 5.55. The van der Waals surface area contributed by atoms with Gasteiger partial charge in [0.05, 0.1) is 0 Å². The van der Waals surface area contributed by atoms with Crippen LogP contribution in [0.4, 0.5) is 0 Å². The fraction of sp³-hybridized carbons (Fsp3) is 0.273. The van der Waals surface area contributed by atoms with E-state index in [1.165, 1.54) is 0 Å². The number of Topliss-reactive ketones (excluding diaryl/α,β-unsaturated/α-hetero) is 2. The Labute approximate surface area is 87.9 Å². The van der Waals surface area contributed by atoms with Crippen molar-refractivity contribution in [3.05, 3.63) is 35.9 Å². The van der Waals surface area contributed by atoms with E-state index in [2.05, 4.69) is 0 Å². The lowest BCUT2D eigenvalue weighted by Crippen LogP contribution is -2.16. The van der Waals surface area contributed by atoms with Crippen LogP contribution < -0.4 is 0 Å². The topological polar surface area (TPSA) is 34.1 Å². The van der Waals surface area contributed by atoms with E-state index in [4.69, 9.17) is 11.6 Å². The van der Waals surface area contributed by atoms with Crippen molar-refractivity contribution in [1.29, 1.82) is 0 Å². The first kappa shape index (κ1) is 10.9. The number of benzene rings is 1. The Balaban J connectivity index is 2.53. The number of alkyl halides is 1. The molecule has 0 aromatic heterocycles. The van der Waals surface area contributed by atoms with Crippen LogP contribution in [0.1, 0.15) is 12.0 Å². The Morgan fingerprint density at radius 3 is 2.29 bits per heavy atom. The first-order chi connectivity index (χ1) is 6.74. The molecule has 0 fully saturated rings. The minimum atomic E-state index is -0.385. The molecule has 0 N–H and O–H groups in total.